The summed E-state index contributed by atoms with van der Waals surface area (Å²) in [7, 11) is 1.59. The number of amides is 1. The van der Waals surface area contributed by atoms with Crippen molar-refractivity contribution in [2.45, 2.75) is 52.1 Å². The van der Waals surface area contributed by atoms with Crippen LogP contribution in [0.3, 0.4) is 0 Å². The second-order valence-electron chi connectivity index (χ2n) is 7.45. The van der Waals surface area contributed by atoms with E-state index in [0.717, 1.165) is 11.3 Å². The van der Waals surface area contributed by atoms with Gasteiger partial charge in [0.1, 0.15) is 5.75 Å². The Balaban J connectivity index is 1.90. The van der Waals surface area contributed by atoms with Gasteiger partial charge in [0.2, 0.25) is 0 Å². The van der Waals surface area contributed by atoms with Crippen LogP contribution in [0.1, 0.15) is 49.0 Å². The van der Waals surface area contributed by atoms with E-state index >= 15 is 0 Å². The first-order valence-electron chi connectivity index (χ1n) is 9.54. The number of rotatable bonds is 4. The molecule has 0 aromatic heterocycles. The zero-order chi connectivity index (χ0) is 19.6. The van der Waals surface area contributed by atoms with Gasteiger partial charge in [-0.3, -0.25) is 4.79 Å². The normalized spacial score (nSPS) is 19.6. The van der Waals surface area contributed by atoms with Gasteiger partial charge in [-0.15, -0.1) is 0 Å². The molecule has 1 heterocycles. The molecule has 0 spiro atoms. The number of nitrogens with zero attached hydrogens (tertiary/aromatic N) is 1. The Morgan fingerprint density at radius 3 is 2.56 bits per heavy atom. The highest BCUT2D eigenvalue weighted by atomic mass is 16.5. The van der Waals surface area contributed by atoms with Crippen molar-refractivity contribution >= 4 is 23.0 Å². The lowest BCUT2D eigenvalue weighted by atomic mass is 9.95. The fourth-order valence-electron chi connectivity index (χ4n) is 3.96. The maximum atomic E-state index is 12.7. The fourth-order valence-corrected chi connectivity index (χ4v) is 3.96. The molecular weight excluding hydrogens is 338 g/mol. The first-order valence-corrected chi connectivity index (χ1v) is 9.54. The van der Waals surface area contributed by atoms with E-state index in [1.165, 1.54) is 19.3 Å². The van der Waals surface area contributed by atoms with E-state index in [-0.39, 0.29) is 5.91 Å². The average molecular weight is 367 g/mol. The summed E-state index contributed by atoms with van der Waals surface area (Å²) < 4.78 is 5.21. The minimum Gasteiger partial charge on any atom is -0.497 e. The molecular formula is C22H29N3O2. The van der Waals surface area contributed by atoms with Crippen LogP contribution in [0.2, 0.25) is 0 Å². The van der Waals surface area contributed by atoms with E-state index < -0.39 is 0 Å². The molecule has 2 aromatic carbocycles. The third kappa shape index (κ3) is 4.02. The lowest BCUT2D eigenvalue weighted by Gasteiger charge is -2.42. The number of methoxy groups -OCH3 is 1. The third-order valence-electron chi connectivity index (χ3n) is 5.42. The Labute approximate surface area is 161 Å². The molecule has 1 aliphatic rings. The van der Waals surface area contributed by atoms with Gasteiger partial charge < -0.3 is 20.7 Å². The van der Waals surface area contributed by atoms with Gasteiger partial charge >= 0.3 is 0 Å². The van der Waals surface area contributed by atoms with Crippen molar-refractivity contribution in [3.05, 3.63) is 47.5 Å². The van der Waals surface area contributed by atoms with Gasteiger partial charge in [-0.1, -0.05) is 6.07 Å². The second-order valence-corrected chi connectivity index (χ2v) is 7.45. The average Bonchev–Trinajstić information content (AvgIpc) is 2.65. The van der Waals surface area contributed by atoms with Crippen LogP contribution < -0.4 is 20.7 Å². The van der Waals surface area contributed by atoms with Crippen LogP contribution in [0.4, 0.5) is 17.1 Å². The van der Waals surface area contributed by atoms with Gasteiger partial charge in [0.25, 0.3) is 5.91 Å². The molecule has 1 saturated heterocycles. The summed E-state index contributed by atoms with van der Waals surface area (Å²) in [5.74, 6) is 0.450. The Morgan fingerprint density at radius 2 is 1.89 bits per heavy atom. The highest BCUT2D eigenvalue weighted by Crippen LogP contribution is 2.36. The molecule has 0 radical (unpaired) electrons. The first-order chi connectivity index (χ1) is 12.9. The van der Waals surface area contributed by atoms with Crippen molar-refractivity contribution in [1.29, 1.82) is 0 Å². The summed E-state index contributed by atoms with van der Waals surface area (Å²) in [6, 6.07) is 12.0. The molecule has 1 aliphatic heterocycles. The van der Waals surface area contributed by atoms with Gasteiger partial charge in [-0.2, -0.15) is 0 Å². The summed E-state index contributed by atoms with van der Waals surface area (Å²) in [5, 5.41) is 2.97. The lowest BCUT2D eigenvalue weighted by molar-refractivity contribution is 0.102. The van der Waals surface area contributed by atoms with E-state index in [0.29, 0.717) is 34.8 Å². The molecule has 3 N–H and O–H groups in total. The molecule has 3 rings (SSSR count). The molecule has 27 heavy (non-hydrogen) atoms. The van der Waals surface area contributed by atoms with E-state index in [1.54, 1.807) is 25.3 Å². The van der Waals surface area contributed by atoms with Crippen LogP contribution in [-0.2, 0) is 0 Å². The van der Waals surface area contributed by atoms with Crippen molar-refractivity contribution < 1.29 is 9.53 Å². The number of carbonyl (C=O) groups is 1. The molecule has 5 heteroatoms. The predicted molar refractivity (Wildman–Crippen MR) is 112 cm³/mol. The molecule has 2 unspecified atom stereocenters. The van der Waals surface area contributed by atoms with Crippen LogP contribution in [-0.4, -0.2) is 25.1 Å². The largest absolute Gasteiger partial charge is 0.497 e. The quantitative estimate of drug-likeness (QED) is 0.775. The molecule has 0 aliphatic carbocycles. The van der Waals surface area contributed by atoms with Gasteiger partial charge in [0.05, 0.1) is 18.5 Å². The number of anilines is 3. The van der Waals surface area contributed by atoms with Crippen molar-refractivity contribution in [2.75, 3.05) is 23.1 Å². The second kappa shape index (κ2) is 7.91. The van der Waals surface area contributed by atoms with Crippen molar-refractivity contribution in [3.8, 4) is 5.75 Å². The molecule has 1 fully saturated rings. The molecule has 2 aromatic rings. The Morgan fingerprint density at radius 1 is 1.19 bits per heavy atom. The monoisotopic (exact) mass is 367 g/mol. The highest BCUT2D eigenvalue weighted by molar-refractivity contribution is 6.06. The fraction of sp³-hybridized carbons (Fsp3) is 0.409. The maximum Gasteiger partial charge on any atom is 0.255 e. The number of nitrogen functional groups attached to an aromatic ring is 1. The lowest BCUT2D eigenvalue weighted by Crippen LogP contribution is -2.44. The Hall–Kier alpha value is -2.69. The van der Waals surface area contributed by atoms with Crippen LogP contribution in [0.5, 0.6) is 5.75 Å². The van der Waals surface area contributed by atoms with Crippen molar-refractivity contribution in [2.24, 2.45) is 0 Å². The number of hydrogen-bond donors (Lipinski definition) is 2. The van der Waals surface area contributed by atoms with Crippen LogP contribution in [0.15, 0.2) is 36.4 Å². The van der Waals surface area contributed by atoms with Gasteiger partial charge in [0.15, 0.2) is 0 Å². The van der Waals surface area contributed by atoms with E-state index in [4.69, 9.17) is 10.5 Å². The number of carbonyl (C=O) groups excluding carboxylic acids is 1. The number of piperidine rings is 1. The number of ether oxygens (including phenoxy) is 1. The number of benzene rings is 2. The van der Waals surface area contributed by atoms with E-state index in [2.05, 4.69) is 31.0 Å². The van der Waals surface area contributed by atoms with E-state index in [1.807, 2.05) is 18.2 Å². The minimum absolute atomic E-state index is 0.199. The minimum atomic E-state index is -0.199. The zero-order valence-electron chi connectivity index (χ0n) is 16.6. The van der Waals surface area contributed by atoms with Crippen molar-refractivity contribution in [3.63, 3.8) is 0 Å². The Kier molecular flexibility index (Phi) is 5.59. The summed E-state index contributed by atoms with van der Waals surface area (Å²) in [5.41, 5.74) is 10.2. The summed E-state index contributed by atoms with van der Waals surface area (Å²) in [4.78, 5) is 15.2. The van der Waals surface area contributed by atoms with E-state index in [9.17, 15) is 4.79 Å². The molecule has 0 bridgehead atoms. The van der Waals surface area contributed by atoms with Gasteiger partial charge in [-0.05, 0) is 75.9 Å². The van der Waals surface area contributed by atoms with Crippen LogP contribution in [0.25, 0.3) is 0 Å². The maximum absolute atomic E-state index is 12.7. The summed E-state index contributed by atoms with van der Waals surface area (Å²) in [6.07, 6.45) is 3.62. The van der Waals surface area contributed by atoms with Crippen molar-refractivity contribution in [1.82, 2.24) is 0 Å². The van der Waals surface area contributed by atoms with Gasteiger partial charge in [0, 0.05) is 23.3 Å². The number of aryl methyl sites for hydroxylation is 1. The predicted octanol–water partition coefficient (Wildman–Crippen LogP) is 4.61. The zero-order valence-corrected chi connectivity index (χ0v) is 16.6. The Bertz CT molecular complexity index is 824. The van der Waals surface area contributed by atoms with Crippen LogP contribution >= 0.6 is 0 Å². The topological polar surface area (TPSA) is 67.6 Å². The third-order valence-corrected chi connectivity index (χ3v) is 5.42. The highest BCUT2D eigenvalue weighted by Gasteiger charge is 2.26. The molecule has 2 atom stereocenters. The molecule has 0 saturated carbocycles. The molecule has 144 valence electrons. The number of hydrogen-bond acceptors (Lipinski definition) is 4. The smallest absolute Gasteiger partial charge is 0.255 e. The van der Waals surface area contributed by atoms with Gasteiger partial charge in [-0.25, -0.2) is 0 Å². The molecule has 1 amide bonds. The summed E-state index contributed by atoms with van der Waals surface area (Å²) >= 11 is 0. The first kappa shape index (κ1) is 19.1. The number of nitrogens with two attached hydrogens (primary N) is 1. The summed E-state index contributed by atoms with van der Waals surface area (Å²) in [6.45, 7) is 6.60. The van der Waals surface area contributed by atoms with Crippen LogP contribution in [0, 0.1) is 6.92 Å². The standard InChI is InChI=1S/C22H29N3O2/c1-14-11-19(23)20(13-21(14)25-15(2)7-5-8-16(25)3)24-22(26)17-9-6-10-18(12-17)27-4/h6,9-13,15-16H,5,7-8,23H2,1-4H3,(H,24,26). The SMILES string of the molecule is COc1cccc(C(=O)Nc2cc(N3C(C)CCCC3C)c(C)cc2N)c1. The number of nitrogens with one attached hydrogen (secondary N) is 1. The molecule has 5 nitrogen and oxygen atoms in total.